The number of H-pyrrole nitrogens is 1. The van der Waals surface area contributed by atoms with Gasteiger partial charge >= 0.3 is 5.97 Å². The fourth-order valence-corrected chi connectivity index (χ4v) is 2.43. The molecule has 0 radical (unpaired) electrons. The third-order valence-corrected chi connectivity index (χ3v) is 3.24. The summed E-state index contributed by atoms with van der Waals surface area (Å²) in [5.74, 6) is -0.389. The average Bonchev–Trinajstić information content (AvgIpc) is 2.82. The zero-order valence-electron chi connectivity index (χ0n) is 10.7. The third kappa shape index (κ3) is 3.15. The molecule has 0 amide bonds. The number of fused-ring (bicyclic) bond motifs is 1. The molecule has 0 saturated carbocycles. The van der Waals surface area contributed by atoms with Gasteiger partial charge in [0.1, 0.15) is 12.5 Å². The molecule has 0 fully saturated rings. The maximum atomic E-state index is 11.5. The summed E-state index contributed by atoms with van der Waals surface area (Å²) < 4.78 is 15.7. The van der Waals surface area contributed by atoms with E-state index in [4.69, 9.17) is 9.47 Å². The van der Waals surface area contributed by atoms with Crippen LogP contribution in [-0.2, 0) is 20.8 Å². The first kappa shape index (κ1) is 14.0. The van der Waals surface area contributed by atoms with Gasteiger partial charge < -0.3 is 19.2 Å². The molecule has 2 aromatic rings. The number of aromatic amines is 1. The first-order valence-electron chi connectivity index (χ1n) is 5.62. The average molecular weight is 328 g/mol. The number of aromatic nitrogens is 1. The van der Waals surface area contributed by atoms with Gasteiger partial charge in [0.25, 0.3) is 0 Å². The van der Waals surface area contributed by atoms with E-state index in [1.807, 2.05) is 12.1 Å². The Hall–Kier alpha value is -1.37. The van der Waals surface area contributed by atoms with Crippen LogP contribution in [0.2, 0.25) is 0 Å². The normalized spacial score (nSPS) is 10.9. The predicted octanol–water partition coefficient (Wildman–Crippen LogP) is 2.84. The summed E-state index contributed by atoms with van der Waals surface area (Å²) in [7, 11) is 2.93. The molecule has 102 valence electrons. The summed E-state index contributed by atoms with van der Waals surface area (Å²) in [6, 6.07) is 5.65. The monoisotopic (exact) mass is 327 g/mol. The van der Waals surface area contributed by atoms with E-state index in [1.165, 1.54) is 7.11 Å². The lowest BCUT2D eigenvalue weighted by atomic mass is 10.1. The smallest absolute Gasteiger partial charge is 0.354 e. The second kappa shape index (κ2) is 6.18. The van der Waals surface area contributed by atoms with E-state index in [1.54, 1.807) is 13.2 Å². The molecule has 0 atom stereocenters. The van der Waals surface area contributed by atoms with Crippen LogP contribution in [0.5, 0.6) is 0 Å². The molecule has 1 aromatic heterocycles. The van der Waals surface area contributed by atoms with Gasteiger partial charge in [-0.1, -0.05) is 0 Å². The van der Waals surface area contributed by atoms with Gasteiger partial charge in [-0.25, -0.2) is 4.79 Å². The molecule has 1 aromatic carbocycles. The number of hydrogen-bond acceptors (Lipinski definition) is 4. The summed E-state index contributed by atoms with van der Waals surface area (Å²) in [4.78, 5) is 14.5. The number of halogens is 1. The van der Waals surface area contributed by atoms with E-state index < -0.39 is 0 Å². The van der Waals surface area contributed by atoms with E-state index in [-0.39, 0.29) is 12.8 Å². The number of nitrogens with one attached hydrogen (secondary N) is 1. The second-order valence-corrected chi connectivity index (χ2v) is 4.83. The van der Waals surface area contributed by atoms with Crippen molar-refractivity contribution < 1.29 is 19.0 Å². The first-order chi connectivity index (χ1) is 9.15. The number of benzene rings is 1. The van der Waals surface area contributed by atoms with Crippen LogP contribution < -0.4 is 0 Å². The van der Waals surface area contributed by atoms with Crippen molar-refractivity contribution in [3.05, 3.63) is 33.9 Å². The topological polar surface area (TPSA) is 60.5 Å². The van der Waals surface area contributed by atoms with E-state index in [2.05, 4.69) is 25.7 Å². The Kier molecular flexibility index (Phi) is 4.57. The van der Waals surface area contributed by atoms with Crippen LogP contribution in [0.1, 0.15) is 16.1 Å². The van der Waals surface area contributed by atoms with E-state index >= 15 is 0 Å². The fraction of sp³-hybridized carbons (Fsp3) is 0.308. The van der Waals surface area contributed by atoms with Crippen LogP contribution in [0, 0.1) is 0 Å². The van der Waals surface area contributed by atoms with Gasteiger partial charge in [0.15, 0.2) is 0 Å². The maximum Gasteiger partial charge on any atom is 0.354 e. The van der Waals surface area contributed by atoms with Crippen LogP contribution in [0.15, 0.2) is 22.7 Å². The van der Waals surface area contributed by atoms with Crippen LogP contribution in [0.25, 0.3) is 10.9 Å². The van der Waals surface area contributed by atoms with E-state index in [0.29, 0.717) is 12.3 Å². The Balaban J connectivity index is 2.31. The summed E-state index contributed by atoms with van der Waals surface area (Å²) in [6.07, 6.45) is 0. The van der Waals surface area contributed by atoms with Gasteiger partial charge in [0, 0.05) is 17.0 Å². The number of methoxy groups -OCH3 is 2. The molecule has 0 saturated heterocycles. The number of ether oxygens (including phenoxy) is 3. The second-order valence-electron chi connectivity index (χ2n) is 3.97. The Labute approximate surface area is 119 Å². The van der Waals surface area contributed by atoms with Crippen molar-refractivity contribution >= 4 is 32.8 Å². The molecule has 0 bridgehead atoms. The Bertz CT molecular complexity index is 594. The van der Waals surface area contributed by atoms with Crippen molar-refractivity contribution in [2.24, 2.45) is 0 Å². The van der Waals surface area contributed by atoms with Crippen LogP contribution in [0.3, 0.4) is 0 Å². The Morgan fingerprint density at radius 2 is 2.11 bits per heavy atom. The van der Waals surface area contributed by atoms with Gasteiger partial charge in [-0.2, -0.15) is 0 Å². The van der Waals surface area contributed by atoms with Crippen molar-refractivity contribution in [1.82, 2.24) is 4.98 Å². The zero-order chi connectivity index (χ0) is 13.8. The lowest BCUT2D eigenvalue weighted by Gasteiger charge is -2.04. The van der Waals surface area contributed by atoms with Crippen LogP contribution in [0.4, 0.5) is 0 Å². The standard InChI is InChI=1S/C13H14BrNO4/c1-17-7-19-6-8-3-9-5-11(13(16)18-2)15-12(9)10(14)4-8/h3-5,15H,6-7H2,1-2H3. The number of esters is 1. The highest BCUT2D eigenvalue weighted by molar-refractivity contribution is 9.10. The predicted molar refractivity (Wildman–Crippen MR) is 74.0 cm³/mol. The van der Waals surface area contributed by atoms with Crippen molar-refractivity contribution in [3.63, 3.8) is 0 Å². The highest BCUT2D eigenvalue weighted by Gasteiger charge is 2.12. The zero-order valence-corrected chi connectivity index (χ0v) is 12.2. The molecule has 0 aliphatic heterocycles. The minimum atomic E-state index is -0.389. The maximum absolute atomic E-state index is 11.5. The fourth-order valence-electron chi connectivity index (χ4n) is 1.80. The van der Waals surface area contributed by atoms with Crippen molar-refractivity contribution in [2.45, 2.75) is 6.61 Å². The molecule has 0 unspecified atom stereocenters. The molecule has 0 aliphatic rings. The van der Waals surface area contributed by atoms with Crippen LogP contribution in [-0.4, -0.2) is 32.0 Å². The number of rotatable bonds is 5. The van der Waals surface area contributed by atoms with E-state index in [9.17, 15) is 4.79 Å². The SMILES string of the molecule is COCOCc1cc(Br)c2[nH]c(C(=O)OC)cc2c1. The summed E-state index contributed by atoms with van der Waals surface area (Å²) in [5, 5.41) is 0.922. The van der Waals surface area contributed by atoms with Gasteiger partial charge in [0.2, 0.25) is 0 Å². The highest BCUT2D eigenvalue weighted by atomic mass is 79.9. The molecule has 1 N–H and O–H groups in total. The van der Waals surface area contributed by atoms with E-state index in [0.717, 1.165) is 20.9 Å². The summed E-state index contributed by atoms with van der Waals surface area (Å²) in [5.41, 5.74) is 2.27. The minimum Gasteiger partial charge on any atom is -0.464 e. The molecule has 2 rings (SSSR count). The van der Waals surface area contributed by atoms with Gasteiger partial charge in [-0.3, -0.25) is 0 Å². The molecule has 1 heterocycles. The third-order valence-electron chi connectivity index (χ3n) is 2.62. The number of hydrogen-bond donors (Lipinski definition) is 1. The van der Waals surface area contributed by atoms with Crippen LogP contribution >= 0.6 is 15.9 Å². The van der Waals surface area contributed by atoms with Gasteiger partial charge in [0.05, 0.1) is 19.2 Å². The lowest BCUT2D eigenvalue weighted by molar-refractivity contribution is -0.0390. The molecule has 5 nitrogen and oxygen atoms in total. The van der Waals surface area contributed by atoms with Crippen molar-refractivity contribution in [3.8, 4) is 0 Å². The summed E-state index contributed by atoms with van der Waals surface area (Å²) >= 11 is 3.47. The van der Waals surface area contributed by atoms with Crippen molar-refractivity contribution in [1.29, 1.82) is 0 Å². The molecular formula is C13H14BrNO4. The molecular weight excluding hydrogens is 314 g/mol. The first-order valence-corrected chi connectivity index (χ1v) is 6.41. The summed E-state index contributed by atoms with van der Waals surface area (Å²) in [6.45, 7) is 0.692. The lowest BCUT2D eigenvalue weighted by Crippen LogP contribution is -2.00. The largest absolute Gasteiger partial charge is 0.464 e. The Morgan fingerprint density at radius 3 is 2.79 bits per heavy atom. The minimum absolute atomic E-state index is 0.246. The molecule has 0 spiro atoms. The molecule has 0 aliphatic carbocycles. The highest BCUT2D eigenvalue weighted by Crippen LogP contribution is 2.26. The molecule has 6 heteroatoms. The number of carbonyl (C=O) groups is 1. The molecule has 19 heavy (non-hydrogen) atoms. The Morgan fingerprint density at radius 1 is 1.32 bits per heavy atom. The van der Waals surface area contributed by atoms with Crippen molar-refractivity contribution in [2.75, 3.05) is 21.0 Å². The van der Waals surface area contributed by atoms with Gasteiger partial charge in [-0.05, 0) is 39.7 Å². The quantitative estimate of drug-likeness (QED) is 0.521. The number of carbonyl (C=O) groups excluding carboxylic acids is 1. The van der Waals surface area contributed by atoms with Gasteiger partial charge in [-0.15, -0.1) is 0 Å².